The molecular weight excluding hydrogens is 292 g/mol. The molecule has 1 aromatic rings. The van der Waals surface area contributed by atoms with Gasteiger partial charge in [-0.1, -0.05) is 35.7 Å². The lowest BCUT2D eigenvalue weighted by molar-refractivity contribution is 0.542. The average molecular weight is 311 g/mol. The summed E-state index contributed by atoms with van der Waals surface area (Å²) < 4.78 is 14.7. The lowest BCUT2D eigenvalue weighted by Gasteiger charge is -2.14. The van der Waals surface area contributed by atoms with Crippen LogP contribution in [0.3, 0.4) is 0 Å². The number of hydrogen-bond acceptors (Lipinski definition) is 1. The Kier molecular flexibility index (Phi) is 7.20. The van der Waals surface area contributed by atoms with Crippen LogP contribution in [-0.4, -0.2) is 0 Å². The summed E-state index contributed by atoms with van der Waals surface area (Å²) in [6.07, 6.45) is 2.96. The average Bonchev–Trinajstić information content (AvgIpc) is 2.19. The van der Waals surface area contributed by atoms with Crippen LogP contribution in [-0.2, 0) is 0 Å². The largest absolute Gasteiger partial charge is 0.324 e. The second-order valence-corrected chi connectivity index (χ2v) is 4.79. The van der Waals surface area contributed by atoms with Crippen LogP contribution in [0.25, 0.3) is 0 Å². The van der Waals surface area contributed by atoms with Gasteiger partial charge in [-0.05, 0) is 31.0 Å². The summed E-state index contributed by atoms with van der Waals surface area (Å²) in [4.78, 5) is 0. The van der Waals surface area contributed by atoms with Gasteiger partial charge in [-0.25, -0.2) is 4.39 Å². The zero-order valence-electron chi connectivity index (χ0n) is 9.59. The van der Waals surface area contributed by atoms with Gasteiger partial charge in [-0.2, -0.15) is 0 Å². The van der Waals surface area contributed by atoms with Gasteiger partial charge in [0.25, 0.3) is 0 Å². The first-order valence-electron chi connectivity index (χ1n) is 5.27. The molecule has 0 aliphatic rings. The standard InChI is InChI=1S/C12H17BrFN.ClH/c1-3-4-5-11(15)10-7-9(13)6-8(2)12(10)14;/h6-7,11H,3-5,15H2,1-2H3;1H/t11-;/m1./s1. The molecule has 1 rings (SSSR count). The fourth-order valence-electron chi connectivity index (χ4n) is 1.60. The molecule has 0 saturated carbocycles. The monoisotopic (exact) mass is 309 g/mol. The lowest BCUT2D eigenvalue weighted by Crippen LogP contribution is -2.12. The first-order chi connectivity index (χ1) is 7.06. The quantitative estimate of drug-likeness (QED) is 0.870. The number of rotatable bonds is 4. The highest BCUT2D eigenvalue weighted by molar-refractivity contribution is 9.10. The molecule has 16 heavy (non-hydrogen) atoms. The molecule has 0 spiro atoms. The molecule has 0 heterocycles. The highest BCUT2D eigenvalue weighted by atomic mass is 79.9. The maximum absolute atomic E-state index is 13.8. The van der Waals surface area contributed by atoms with Crippen molar-refractivity contribution in [1.29, 1.82) is 0 Å². The van der Waals surface area contributed by atoms with Crippen molar-refractivity contribution in [2.24, 2.45) is 5.73 Å². The summed E-state index contributed by atoms with van der Waals surface area (Å²) >= 11 is 3.36. The van der Waals surface area contributed by atoms with E-state index < -0.39 is 0 Å². The van der Waals surface area contributed by atoms with Crippen LogP contribution in [0.1, 0.15) is 43.4 Å². The van der Waals surface area contributed by atoms with E-state index in [0.29, 0.717) is 11.1 Å². The fourth-order valence-corrected chi connectivity index (χ4v) is 2.19. The summed E-state index contributed by atoms with van der Waals surface area (Å²) in [5, 5.41) is 0. The molecule has 0 saturated heterocycles. The van der Waals surface area contributed by atoms with Gasteiger partial charge >= 0.3 is 0 Å². The topological polar surface area (TPSA) is 26.0 Å². The Morgan fingerprint density at radius 2 is 2.06 bits per heavy atom. The van der Waals surface area contributed by atoms with Crippen LogP contribution in [0, 0.1) is 12.7 Å². The maximum atomic E-state index is 13.8. The number of aryl methyl sites for hydroxylation is 1. The SMILES string of the molecule is CCCC[C@@H](N)c1cc(Br)cc(C)c1F.Cl. The molecule has 1 aromatic carbocycles. The van der Waals surface area contributed by atoms with Gasteiger partial charge in [0, 0.05) is 16.1 Å². The van der Waals surface area contributed by atoms with Gasteiger partial charge < -0.3 is 5.73 Å². The van der Waals surface area contributed by atoms with Crippen LogP contribution in [0.15, 0.2) is 16.6 Å². The Balaban J connectivity index is 0.00000225. The molecule has 0 aromatic heterocycles. The Hall–Kier alpha value is -0.120. The normalized spacial score (nSPS) is 12.1. The minimum Gasteiger partial charge on any atom is -0.324 e. The van der Waals surface area contributed by atoms with Crippen LogP contribution < -0.4 is 5.73 Å². The molecule has 0 radical (unpaired) electrons. The molecule has 0 amide bonds. The third-order valence-corrected chi connectivity index (χ3v) is 2.97. The van der Waals surface area contributed by atoms with E-state index in [1.165, 1.54) is 0 Å². The van der Waals surface area contributed by atoms with E-state index in [-0.39, 0.29) is 24.3 Å². The Morgan fingerprint density at radius 1 is 1.44 bits per heavy atom. The molecule has 0 aliphatic heterocycles. The first-order valence-corrected chi connectivity index (χ1v) is 6.06. The zero-order chi connectivity index (χ0) is 11.4. The van der Waals surface area contributed by atoms with E-state index in [0.717, 1.165) is 23.7 Å². The van der Waals surface area contributed by atoms with Gasteiger partial charge in [0.1, 0.15) is 5.82 Å². The number of unbranched alkanes of at least 4 members (excludes halogenated alkanes) is 1. The predicted molar refractivity (Wildman–Crippen MR) is 72.5 cm³/mol. The number of halogens is 3. The smallest absolute Gasteiger partial charge is 0.130 e. The second-order valence-electron chi connectivity index (χ2n) is 3.87. The summed E-state index contributed by atoms with van der Waals surface area (Å²) in [5.41, 5.74) is 7.22. The fraction of sp³-hybridized carbons (Fsp3) is 0.500. The van der Waals surface area contributed by atoms with E-state index in [1.54, 1.807) is 19.1 Å². The van der Waals surface area contributed by atoms with Crippen molar-refractivity contribution in [3.63, 3.8) is 0 Å². The van der Waals surface area contributed by atoms with Gasteiger partial charge in [0.15, 0.2) is 0 Å². The summed E-state index contributed by atoms with van der Waals surface area (Å²) in [7, 11) is 0. The number of hydrogen-bond donors (Lipinski definition) is 1. The summed E-state index contributed by atoms with van der Waals surface area (Å²) in [5.74, 6) is -0.165. The number of benzene rings is 1. The summed E-state index contributed by atoms with van der Waals surface area (Å²) in [6, 6.07) is 3.36. The van der Waals surface area contributed by atoms with Crippen LogP contribution in [0.2, 0.25) is 0 Å². The van der Waals surface area contributed by atoms with Crippen molar-refractivity contribution < 1.29 is 4.39 Å². The Bertz CT molecular complexity index is 344. The molecule has 0 fully saturated rings. The molecule has 1 nitrogen and oxygen atoms in total. The van der Waals surface area contributed by atoms with E-state index >= 15 is 0 Å². The minimum atomic E-state index is -0.193. The van der Waals surface area contributed by atoms with Gasteiger partial charge in [-0.15, -0.1) is 12.4 Å². The van der Waals surface area contributed by atoms with Gasteiger partial charge in [0.05, 0.1) is 0 Å². The number of nitrogens with two attached hydrogens (primary N) is 1. The molecule has 4 heteroatoms. The molecule has 0 unspecified atom stereocenters. The van der Waals surface area contributed by atoms with Crippen LogP contribution in [0.4, 0.5) is 4.39 Å². The predicted octanol–water partition coefficient (Wildman–Crippen LogP) is 4.51. The van der Waals surface area contributed by atoms with Gasteiger partial charge in [-0.3, -0.25) is 0 Å². The van der Waals surface area contributed by atoms with Crippen molar-refractivity contribution in [3.05, 3.63) is 33.5 Å². The van der Waals surface area contributed by atoms with Crippen molar-refractivity contribution in [2.75, 3.05) is 0 Å². The minimum absolute atomic E-state index is 0. The second kappa shape index (κ2) is 7.25. The molecule has 0 bridgehead atoms. The van der Waals surface area contributed by atoms with Gasteiger partial charge in [0.2, 0.25) is 0 Å². The first kappa shape index (κ1) is 15.9. The highest BCUT2D eigenvalue weighted by Gasteiger charge is 2.13. The van der Waals surface area contributed by atoms with Crippen molar-refractivity contribution in [1.82, 2.24) is 0 Å². The maximum Gasteiger partial charge on any atom is 0.130 e. The summed E-state index contributed by atoms with van der Waals surface area (Å²) in [6.45, 7) is 3.87. The van der Waals surface area contributed by atoms with Crippen molar-refractivity contribution in [2.45, 2.75) is 39.2 Å². The third kappa shape index (κ3) is 4.04. The van der Waals surface area contributed by atoms with Crippen molar-refractivity contribution in [3.8, 4) is 0 Å². The third-order valence-electron chi connectivity index (χ3n) is 2.52. The van der Waals surface area contributed by atoms with E-state index in [9.17, 15) is 4.39 Å². The molecule has 1 atom stereocenters. The van der Waals surface area contributed by atoms with E-state index in [4.69, 9.17) is 5.73 Å². The molecule has 2 N–H and O–H groups in total. The van der Waals surface area contributed by atoms with E-state index in [2.05, 4.69) is 22.9 Å². The molecular formula is C12H18BrClFN. The Morgan fingerprint density at radius 3 is 2.62 bits per heavy atom. The van der Waals surface area contributed by atoms with E-state index in [1.807, 2.05) is 0 Å². The van der Waals surface area contributed by atoms with Crippen molar-refractivity contribution >= 4 is 28.3 Å². The lowest BCUT2D eigenvalue weighted by atomic mass is 9.99. The van der Waals surface area contributed by atoms with Crippen LogP contribution in [0.5, 0.6) is 0 Å². The molecule has 0 aliphatic carbocycles. The Labute approximate surface area is 111 Å². The van der Waals surface area contributed by atoms with Crippen LogP contribution >= 0.6 is 28.3 Å². The molecule has 92 valence electrons. The highest BCUT2D eigenvalue weighted by Crippen LogP contribution is 2.26. The zero-order valence-corrected chi connectivity index (χ0v) is 12.0.